The van der Waals surface area contributed by atoms with Gasteiger partial charge >= 0.3 is 0 Å². The SMILES string of the molecule is CCNC(=NCCN1CCS(=O)(=O)CC1)NC(C)Cc1c(C)nn(C)c1C.I. The summed E-state index contributed by atoms with van der Waals surface area (Å²) < 4.78 is 24.9. The van der Waals surface area contributed by atoms with Crippen LogP contribution < -0.4 is 10.6 Å². The normalized spacial score (nSPS) is 18.4. The van der Waals surface area contributed by atoms with Crippen molar-refractivity contribution in [2.24, 2.45) is 12.0 Å². The van der Waals surface area contributed by atoms with Crippen LogP contribution in [0.5, 0.6) is 0 Å². The summed E-state index contributed by atoms with van der Waals surface area (Å²) >= 11 is 0. The summed E-state index contributed by atoms with van der Waals surface area (Å²) in [5, 5.41) is 11.2. The van der Waals surface area contributed by atoms with E-state index in [1.54, 1.807) is 0 Å². The number of hydrogen-bond donors (Lipinski definition) is 2. The van der Waals surface area contributed by atoms with Crippen molar-refractivity contribution < 1.29 is 8.42 Å². The first-order chi connectivity index (χ1) is 12.7. The number of aliphatic imine (C=N–C) groups is 1. The number of rotatable bonds is 7. The zero-order valence-electron chi connectivity index (χ0n) is 17.7. The minimum atomic E-state index is -2.83. The highest BCUT2D eigenvalue weighted by Gasteiger charge is 2.21. The van der Waals surface area contributed by atoms with E-state index in [9.17, 15) is 8.42 Å². The van der Waals surface area contributed by atoms with E-state index in [1.165, 1.54) is 11.3 Å². The van der Waals surface area contributed by atoms with Crippen LogP contribution in [0.4, 0.5) is 0 Å². The van der Waals surface area contributed by atoms with Gasteiger partial charge < -0.3 is 10.6 Å². The molecule has 1 aromatic heterocycles. The van der Waals surface area contributed by atoms with Gasteiger partial charge in [-0.3, -0.25) is 14.6 Å². The van der Waals surface area contributed by atoms with Crippen LogP contribution in [-0.2, 0) is 23.3 Å². The molecule has 2 rings (SSSR count). The van der Waals surface area contributed by atoms with Gasteiger partial charge in [0.1, 0.15) is 0 Å². The molecule has 1 aromatic rings. The second kappa shape index (κ2) is 11.3. The Labute approximate surface area is 186 Å². The van der Waals surface area contributed by atoms with E-state index in [1.807, 2.05) is 25.6 Å². The van der Waals surface area contributed by atoms with E-state index in [4.69, 9.17) is 0 Å². The highest BCUT2D eigenvalue weighted by Crippen LogP contribution is 2.14. The van der Waals surface area contributed by atoms with Gasteiger partial charge in [-0.1, -0.05) is 0 Å². The van der Waals surface area contributed by atoms with Gasteiger partial charge in [-0.2, -0.15) is 5.10 Å². The van der Waals surface area contributed by atoms with Crippen LogP contribution in [0.1, 0.15) is 30.8 Å². The van der Waals surface area contributed by atoms with Crippen molar-refractivity contribution in [2.45, 2.75) is 40.2 Å². The Kier molecular flexibility index (Phi) is 10.2. The van der Waals surface area contributed by atoms with Crippen molar-refractivity contribution in [1.82, 2.24) is 25.3 Å². The molecule has 0 aliphatic carbocycles. The van der Waals surface area contributed by atoms with Crippen LogP contribution in [0.25, 0.3) is 0 Å². The van der Waals surface area contributed by atoms with Crippen LogP contribution in [0.3, 0.4) is 0 Å². The predicted molar refractivity (Wildman–Crippen MR) is 125 cm³/mol. The molecular formula is C18H35IN6O2S. The van der Waals surface area contributed by atoms with Crippen LogP contribution >= 0.6 is 24.0 Å². The molecule has 1 aliphatic rings. The molecule has 0 spiro atoms. The lowest BCUT2D eigenvalue weighted by atomic mass is 10.1. The van der Waals surface area contributed by atoms with E-state index in [0.717, 1.165) is 31.2 Å². The number of nitrogens with one attached hydrogen (secondary N) is 2. The zero-order chi connectivity index (χ0) is 20.0. The third-order valence-electron chi connectivity index (χ3n) is 5.02. The third kappa shape index (κ3) is 7.51. The summed E-state index contributed by atoms with van der Waals surface area (Å²) in [4.78, 5) is 6.82. The Morgan fingerprint density at radius 2 is 1.93 bits per heavy atom. The van der Waals surface area contributed by atoms with Crippen molar-refractivity contribution in [3.8, 4) is 0 Å². The first kappa shape index (κ1) is 25.2. The van der Waals surface area contributed by atoms with Crippen LogP contribution in [0, 0.1) is 13.8 Å². The average molecular weight is 526 g/mol. The van der Waals surface area contributed by atoms with Gasteiger partial charge in [0.25, 0.3) is 0 Å². The predicted octanol–water partition coefficient (Wildman–Crippen LogP) is 0.871. The molecule has 1 saturated heterocycles. The number of sulfone groups is 1. The Morgan fingerprint density at radius 1 is 1.29 bits per heavy atom. The molecule has 1 unspecified atom stereocenters. The van der Waals surface area contributed by atoms with Crippen molar-refractivity contribution in [3.05, 3.63) is 17.0 Å². The molecule has 0 amide bonds. The smallest absolute Gasteiger partial charge is 0.191 e. The lowest BCUT2D eigenvalue weighted by molar-refractivity contribution is 0.304. The fraction of sp³-hybridized carbons (Fsp3) is 0.778. The van der Waals surface area contributed by atoms with Gasteiger partial charge in [0.15, 0.2) is 15.8 Å². The fourth-order valence-corrected chi connectivity index (χ4v) is 4.58. The number of aromatic nitrogens is 2. The van der Waals surface area contributed by atoms with Gasteiger partial charge in [-0.15, -0.1) is 24.0 Å². The maximum Gasteiger partial charge on any atom is 0.191 e. The maximum atomic E-state index is 11.5. The fourth-order valence-electron chi connectivity index (χ4n) is 3.30. The minimum absolute atomic E-state index is 0. The van der Waals surface area contributed by atoms with Crippen molar-refractivity contribution in [1.29, 1.82) is 0 Å². The van der Waals surface area contributed by atoms with Gasteiger partial charge in [0.05, 0.1) is 23.7 Å². The molecule has 0 bridgehead atoms. The van der Waals surface area contributed by atoms with Gasteiger partial charge in [-0.25, -0.2) is 8.42 Å². The highest BCUT2D eigenvalue weighted by atomic mass is 127. The molecule has 28 heavy (non-hydrogen) atoms. The Bertz CT molecular complexity index is 748. The molecule has 2 heterocycles. The Hall–Kier alpha value is -0.880. The molecule has 0 radical (unpaired) electrons. The second-order valence-corrected chi connectivity index (χ2v) is 9.58. The largest absolute Gasteiger partial charge is 0.357 e. The van der Waals surface area contributed by atoms with Gasteiger partial charge in [0, 0.05) is 45.0 Å². The molecule has 1 atom stereocenters. The number of hydrogen-bond acceptors (Lipinski definition) is 5. The third-order valence-corrected chi connectivity index (χ3v) is 6.63. The lowest BCUT2D eigenvalue weighted by Crippen LogP contribution is -2.44. The molecule has 0 saturated carbocycles. The maximum absolute atomic E-state index is 11.5. The number of halogens is 1. The summed E-state index contributed by atoms with van der Waals surface area (Å²) in [6.07, 6.45) is 0.889. The topological polar surface area (TPSA) is 91.6 Å². The van der Waals surface area contributed by atoms with Crippen LogP contribution in [0.15, 0.2) is 4.99 Å². The zero-order valence-corrected chi connectivity index (χ0v) is 20.8. The summed E-state index contributed by atoms with van der Waals surface area (Å²) in [5.41, 5.74) is 3.55. The molecule has 0 aromatic carbocycles. The summed E-state index contributed by atoms with van der Waals surface area (Å²) in [5.74, 6) is 1.32. The monoisotopic (exact) mass is 526 g/mol. The lowest BCUT2D eigenvalue weighted by Gasteiger charge is -2.26. The average Bonchev–Trinajstić information content (AvgIpc) is 2.83. The number of guanidine groups is 1. The van der Waals surface area contributed by atoms with Gasteiger partial charge in [-0.05, 0) is 39.7 Å². The van der Waals surface area contributed by atoms with Crippen LogP contribution in [-0.4, -0.2) is 79.3 Å². The number of nitrogens with zero attached hydrogens (tertiary/aromatic N) is 4. The van der Waals surface area contributed by atoms with Crippen LogP contribution in [0.2, 0.25) is 0 Å². The van der Waals surface area contributed by atoms with E-state index < -0.39 is 9.84 Å². The Morgan fingerprint density at radius 3 is 2.46 bits per heavy atom. The standard InChI is InChI=1S/C18H34N6O2S.HI/c1-6-19-18(20-7-8-24-9-11-27(25,26)12-10-24)21-14(2)13-17-15(3)22-23(5)16(17)4;/h14H,6-13H2,1-5H3,(H2,19,20,21);1H. The summed E-state index contributed by atoms with van der Waals surface area (Å²) in [6, 6.07) is 0.226. The van der Waals surface area contributed by atoms with Crippen molar-refractivity contribution in [3.63, 3.8) is 0 Å². The number of aryl methyl sites for hydroxylation is 2. The molecule has 1 fully saturated rings. The van der Waals surface area contributed by atoms with E-state index >= 15 is 0 Å². The van der Waals surface area contributed by atoms with Crippen molar-refractivity contribution in [2.75, 3.05) is 44.2 Å². The molecule has 10 heteroatoms. The molecular weight excluding hydrogens is 491 g/mol. The van der Waals surface area contributed by atoms with E-state index in [0.29, 0.717) is 19.6 Å². The quantitative estimate of drug-likeness (QED) is 0.312. The van der Waals surface area contributed by atoms with E-state index in [-0.39, 0.29) is 41.5 Å². The van der Waals surface area contributed by atoms with E-state index in [2.05, 4.69) is 39.5 Å². The van der Waals surface area contributed by atoms with Gasteiger partial charge in [0.2, 0.25) is 0 Å². The first-order valence-electron chi connectivity index (χ1n) is 9.68. The Balaban J connectivity index is 0.00000392. The minimum Gasteiger partial charge on any atom is -0.357 e. The summed E-state index contributed by atoms with van der Waals surface area (Å²) in [6.45, 7) is 11.8. The second-order valence-electron chi connectivity index (χ2n) is 7.28. The van der Waals surface area contributed by atoms with Crippen molar-refractivity contribution >= 4 is 39.8 Å². The molecule has 2 N–H and O–H groups in total. The first-order valence-corrected chi connectivity index (χ1v) is 11.5. The summed E-state index contributed by atoms with van der Waals surface area (Å²) in [7, 11) is -0.852. The highest BCUT2D eigenvalue weighted by molar-refractivity contribution is 14.0. The molecule has 8 nitrogen and oxygen atoms in total. The molecule has 1 aliphatic heterocycles. The molecule has 162 valence electrons.